The van der Waals surface area contributed by atoms with Crippen molar-refractivity contribution in [1.29, 1.82) is 0 Å². The van der Waals surface area contributed by atoms with E-state index in [0.717, 1.165) is 39.0 Å². The molecule has 0 saturated carbocycles. The number of rotatable bonds is 4. The van der Waals surface area contributed by atoms with Gasteiger partial charge in [-0.2, -0.15) is 0 Å². The maximum absolute atomic E-state index is 5.95. The summed E-state index contributed by atoms with van der Waals surface area (Å²) in [7, 11) is 0. The molecule has 0 spiro atoms. The van der Waals surface area contributed by atoms with Crippen LogP contribution < -0.4 is 5.32 Å². The maximum atomic E-state index is 5.95. The zero-order valence-corrected chi connectivity index (χ0v) is 11.8. The van der Waals surface area contributed by atoms with Crippen LogP contribution in [0.5, 0.6) is 0 Å². The third-order valence-electron chi connectivity index (χ3n) is 2.49. The highest BCUT2D eigenvalue weighted by molar-refractivity contribution is 7.22. The maximum Gasteiger partial charge on any atom is 0.183 e. The molecule has 0 atom stereocenters. The van der Waals surface area contributed by atoms with Crippen molar-refractivity contribution < 1.29 is 0 Å². The molecule has 6 heteroatoms. The van der Waals surface area contributed by atoms with Gasteiger partial charge in [0.25, 0.3) is 0 Å². The zero-order valence-electron chi connectivity index (χ0n) is 9.39. The molecule has 2 aromatic heterocycles. The van der Waals surface area contributed by atoms with Gasteiger partial charge in [-0.25, -0.2) is 9.97 Å². The fourth-order valence-electron chi connectivity index (χ4n) is 1.63. The van der Waals surface area contributed by atoms with Gasteiger partial charge in [0.15, 0.2) is 5.13 Å². The third kappa shape index (κ3) is 2.63. The Kier molecular flexibility index (Phi) is 3.45. The summed E-state index contributed by atoms with van der Waals surface area (Å²) in [6, 6.07) is 5.75. The van der Waals surface area contributed by atoms with Crippen LogP contribution in [0.4, 0.5) is 5.13 Å². The SMILES string of the molecule is Clc1ccc2nc(NCCc3cscn3)sc2c1. The summed E-state index contributed by atoms with van der Waals surface area (Å²) in [5, 5.41) is 7.07. The molecule has 0 aliphatic carbocycles. The van der Waals surface area contributed by atoms with E-state index < -0.39 is 0 Å². The number of hydrogen-bond donors (Lipinski definition) is 1. The molecule has 0 aliphatic rings. The summed E-state index contributed by atoms with van der Waals surface area (Å²) < 4.78 is 1.11. The number of anilines is 1. The minimum atomic E-state index is 0.750. The first-order valence-electron chi connectivity index (χ1n) is 5.48. The number of benzene rings is 1. The molecule has 0 unspecified atom stereocenters. The van der Waals surface area contributed by atoms with Crippen molar-refractivity contribution in [2.45, 2.75) is 6.42 Å². The van der Waals surface area contributed by atoms with E-state index in [1.807, 2.05) is 23.7 Å². The Morgan fingerprint density at radius 2 is 2.28 bits per heavy atom. The number of halogens is 1. The average Bonchev–Trinajstić information content (AvgIpc) is 2.97. The van der Waals surface area contributed by atoms with Gasteiger partial charge in [-0.15, -0.1) is 11.3 Å². The molecule has 0 radical (unpaired) electrons. The predicted molar refractivity (Wildman–Crippen MR) is 78.9 cm³/mol. The Morgan fingerprint density at radius 1 is 1.33 bits per heavy atom. The van der Waals surface area contributed by atoms with Gasteiger partial charge in [0.2, 0.25) is 0 Å². The summed E-state index contributed by atoms with van der Waals surface area (Å²) in [5.74, 6) is 0. The van der Waals surface area contributed by atoms with Crippen LogP contribution in [0.25, 0.3) is 10.2 Å². The monoisotopic (exact) mass is 295 g/mol. The van der Waals surface area contributed by atoms with Gasteiger partial charge in [-0.05, 0) is 18.2 Å². The van der Waals surface area contributed by atoms with Crippen molar-refractivity contribution in [2.75, 3.05) is 11.9 Å². The molecule has 0 aliphatic heterocycles. The number of nitrogens with zero attached hydrogens (tertiary/aromatic N) is 2. The Hall–Kier alpha value is -1.17. The predicted octanol–water partition coefficient (Wildman–Crippen LogP) is 4.06. The van der Waals surface area contributed by atoms with Crippen molar-refractivity contribution >= 4 is 49.6 Å². The Labute approximate surface area is 117 Å². The summed E-state index contributed by atoms with van der Waals surface area (Å²) >= 11 is 9.20. The highest BCUT2D eigenvalue weighted by Crippen LogP contribution is 2.28. The van der Waals surface area contributed by atoms with Gasteiger partial charge in [0.1, 0.15) is 0 Å². The fourth-order valence-corrected chi connectivity index (χ4v) is 3.39. The van der Waals surface area contributed by atoms with Crippen molar-refractivity contribution in [2.24, 2.45) is 0 Å². The Bertz CT molecular complexity index is 648. The zero-order chi connectivity index (χ0) is 12.4. The second kappa shape index (κ2) is 5.22. The van der Waals surface area contributed by atoms with Crippen molar-refractivity contribution in [3.8, 4) is 0 Å². The normalized spacial score (nSPS) is 10.9. The quantitative estimate of drug-likeness (QED) is 0.789. The van der Waals surface area contributed by atoms with Gasteiger partial charge in [-0.3, -0.25) is 0 Å². The molecular formula is C12H10ClN3S2. The highest BCUT2D eigenvalue weighted by Gasteiger charge is 2.04. The van der Waals surface area contributed by atoms with E-state index in [4.69, 9.17) is 11.6 Å². The first kappa shape index (κ1) is 11.9. The molecule has 3 aromatic rings. The topological polar surface area (TPSA) is 37.8 Å². The summed E-state index contributed by atoms with van der Waals surface area (Å²) in [4.78, 5) is 8.75. The molecule has 1 aromatic carbocycles. The van der Waals surface area contributed by atoms with E-state index in [1.165, 1.54) is 0 Å². The van der Waals surface area contributed by atoms with Crippen molar-refractivity contribution in [3.05, 3.63) is 39.8 Å². The third-order valence-corrected chi connectivity index (χ3v) is 4.34. The molecule has 2 heterocycles. The van der Waals surface area contributed by atoms with Crippen LogP contribution in [-0.2, 0) is 6.42 Å². The molecule has 0 bridgehead atoms. The lowest BCUT2D eigenvalue weighted by Gasteiger charge is -1.99. The minimum Gasteiger partial charge on any atom is -0.361 e. The fraction of sp³-hybridized carbons (Fsp3) is 0.167. The van der Waals surface area contributed by atoms with Gasteiger partial charge in [0, 0.05) is 23.4 Å². The number of hydrogen-bond acceptors (Lipinski definition) is 5. The molecule has 3 rings (SSSR count). The largest absolute Gasteiger partial charge is 0.361 e. The molecule has 1 N–H and O–H groups in total. The van der Waals surface area contributed by atoms with Crippen LogP contribution in [0.2, 0.25) is 5.02 Å². The lowest BCUT2D eigenvalue weighted by atomic mass is 10.3. The van der Waals surface area contributed by atoms with Crippen LogP contribution in [-0.4, -0.2) is 16.5 Å². The lowest BCUT2D eigenvalue weighted by Crippen LogP contribution is -2.04. The number of fused-ring (bicyclic) bond motifs is 1. The highest BCUT2D eigenvalue weighted by atomic mass is 35.5. The van der Waals surface area contributed by atoms with Gasteiger partial charge < -0.3 is 5.32 Å². The lowest BCUT2D eigenvalue weighted by molar-refractivity contribution is 0.975. The van der Waals surface area contributed by atoms with Crippen LogP contribution in [0.15, 0.2) is 29.1 Å². The molecule has 92 valence electrons. The smallest absolute Gasteiger partial charge is 0.183 e. The summed E-state index contributed by atoms with van der Waals surface area (Å²) in [5.41, 5.74) is 3.96. The van der Waals surface area contributed by atoms with Crippen LogP contribution in [0.3, 0.4) is 0 Å². The Morgan fingerprint density at radius 3 is 3.11 bits per heavy atom. The molecule has 3 nitrogen and oxygen atoms in total. The first-order valence-corrected chi connectivity index (χ1v) is 7.62. The van der Waals surface area contributed by atoms with E-state index in [0.29, 0.717) is 0 Å². The van der Waals surface area contributed by atoms with Crippen molar-refractivity contribution in [1.82, 2.24) is 9.97 Å². The first-order chi connectivity index (χ1) is 8.81. The number of nitrogens with one attached hydrogen (secondary N) is 1. The van der Waals surface area contributed by atoms with Gasteiger partial charge in [-0.1, -0.05) is 22.9 Å². The molecular weight excluding hydrogens is 286 g/mol. The van der Waals surface area contributed by atoms with E-state index in [2.05, 4.69) is 20.7 Å². The van der Waals surface area contributed by atoms with Crippen molar-refractivity contribution in [3.63, 3.8) is 0 Å². The molecule has 0 amide bonds. The van der Waals surface area contributed by atoms with E-state index in [9.17, 15) is 0 Å². The number of thiazole rings is 2. The Balaban J connectivity index is 1.67. The van der Waals surface area contributed by atoms with E-state index in [1.54, 1.807) is 22.7 Å². The standard InChI is InChI=1S/C12H10ClN3S2/c13-8-1-2-10-11(5-8)18-12(16-10)14-4-3-9-6-17-7-15-9/h1-2,5-7H,3-4H2,(H,14,16). The second-order valence-electron chi connectivity index (χ2n) is 3.79. The van der Waals surface area contributed by atoms with Crippen LogP contribution >= 0.6 is 34.3 Å². The van der Waals surface area contributed by atoms with Gasteiger partial charge >= 0.3 is 0 Å². The van der Waals surface area contributed by atoms with E-state index >= 15 is 0 Å². The average molecular weight is 296 g/mol. The summed E-state index contributed by atoms with van der Waals surface area (Å²) in [6.45, 7) is 0.845. The van der Waals surface area contributed by atoms with E-state index in [-0.39, 0.29) is 0 Å². The molecule has 0 fully saturated rings. The van der Waals surface area contributed by atoms with Gasteiger partial charge in [0.05, 0.1) is 21.4 Å². The number of aromatic nitrogens is 2. The second-order valence-corrected chi connectivity index (χ2v) is 5.97. The van der Waals surface area contributed by atoms with Crippen LogP contribution in [0.1, 0.15) is 5.69 Å². The molecule has 0 saturated heterocycles. The molecule has 18 heavy (non-hydrogen) atoms. The van der Waals surface area contributed by atoms with Crippen LogP contribution in [0, 0.1) is 0 Å². The summed E-state index contributed by atoms with van der Waals surface area (Å²) in [6.07, 6.45) is 0.917. The minimum absolute atomic E-state index is 0.750.